The lowest BCUT2D eigenvalue weighted by atomic mass is 10.2. The molecular formula is C17H16N4O3. The van der Waals surface area contributed by atoms with E-state index >= 15 is 0 Å². The SMILES string of the molecule is Cn1cc(C#N)cc1C(=O)OC[C@H]1CN=C(c2ccccc2)NO1. The van der Waals surface area contributed by atoms with Crippen LogP contribution in [0.15, 0.2) is 47.6 Å². The fourth-order valence-electron chi connectivity index (χ4n) is 2.31. The van der Waals surface area contributed by atoms with Gasteiger partial charge in [0.15, 0.2) is 5.84 Å². The number of carbonyl (C=O) groups excluding carboxylic acids is 1. The highest BCUT2D eigenvalue weighted by Crippen LogP contribution is 2.10. The molecule has 2 aromatic rings. The standard InChI is InChI=1S/C17H16N4O3/c1-21-10-12(8-18)7-15(21)17(22)23-11-14-9-19-16(20-24-14)13-5-3-2-4-6-13/h2-7,10,14H,9,11H2,1H3,(H,19,20)/t14-/m1/s1. The zero-order chi connectivity index (χ0) is 16.9. The molecule has 0 bridgehead atoms. The topological polar surface area (TPSA) is 88.6 Å². The number of nitriles is 1. The first kappa shape index (κ1) is 15.8. The zero-order valence-electron chi connectivity index (χ0n) is 13.1. The summed E-state index contributed by atoms with van der Waals surface area (Å²) in [6.45, 7) is 0.464. The van der Waals surface area contributed by atoms with E-state index in [0.717, 1.165) is 5.56 Å². The smallest absolute Gasteiger partial charge is 0.355 e. The van der Waals surface area contributed by atoms with Crippen molar-refractivity contribution in [2.45, 2.75) is 6.10 Å². The Morgan fingerprint density at radius 3 is 2.92 bits per heavy atom. The lowest BCUT2D eigenvalue weighted by Gasteiger charge is -2.22. The van der Waals surface area contributed by atoms with Crippen molar-refractivity contribution in [1.82, 2.24) is 10.0 Å². The number of hydrogen-bond acceptors (Lipinski definition) is 6. The average molecular weight is 324 g/mol. The van der Waals surface area contributed by atoms with E-state index in [1.165, 1.54) is 6.07 Å². The van der Waals surface area contributed by atoms with Crippen LogP contribution < -0.4 is 5.48 Å². The lowest BCUT2D eigenvalue weighted by molar-refractivity contribution is -0.0352. The van der Waals surface area contributed by atoms with Crippen molar-refractivity contribution in [1.29, 1.82) is 5.26 Å². The maximum Gasteiger partial charge on any atom is 0.355 e. The molecule has 1 aromatic heterocycles. The molecule has 0 radical (unpaired) electrons. The number of nitrogens with one attached hydrogen (secondary N) is 1. The summed E-state index contributed by atoms with van der Waals surface area (Å²) in [6.07, 6.45) is 1.21. The minimum atomic E-state index is -0.500. The molecule has 7 nitrogen and oxygen atoms in total. The van der Waals surface area contributed by atoms with Crippen molar-refractivity contribution < 1.29 is 14.4 Å². The maximum absolute atomic E-state index is 12.1. The molecule has 0 aliphatic carbocycles. The van der Waals surface area contributed by atoms with Crippen LogP contribution in [-0.4, -0.2) is 35.6 Å². The Bertz CT molecular complexity index is 805. The molecule has 24 heavy (non-hydrogen) atoms. The first-order chi connectivity index (χ1) is 11.7. The van der Waals surface area contributed by atoms with Crippen LogP contribution in [-0.2, 0) is 16.6 Å². The first-order valence-electron chi connectivity index (χ1n) is 7.42. The molecule has 0 amide bonds. The summed E-state index contributed by atoms with van der Waals surface area (Å²) in [4.78, 5) is 21.9. The second-order valence-corrected chi connectivity index (χ2v) is 5.33. The summed E-state index contributed by atoms with van der Waals surface area (Å²) in [6, 6.07) is 13.1. The molecule has 1 aromatic carbocycles. The van der Waals surface area contributed by atoms with Crippen molar-refractivity contribution in [3.05, 3.63) is 59.4 Å². The Hall–Kier alpha value is -3.11. The molecule has 122 valence electrons. The number of rotatable bonds is 4. The second kappa shape index (κ2) is 6.98. The fourth-order valence-corrected chi connectivity index (χ4v) is 2.31. The van der Waals surface area contributed by atoms with Gasteiger partial charge in [0.2, 0.25) is 0 Å². The number of hydrogen-bond donors (Lipinski definition) is 1. The van der Waals surface area contributed by atoms with E-state index in [-0.39, 0.29) is 12.7 Å². The predicted molar refractivity (Wildman–Crippen MR) is 86.3 cm³/mol. The highest BCUT2D eigenvalue weighted by Gasteiger charge is 2.20. The third kappa shape index (κ3) is 3.45. The molecule has 0 unspecified atom stereocenters. The summed E-state index contributed by atoms with van der Waals surface area (Å²) in [5, 5.41) is 8.85. The van der Waals surface area contributed by atoms with Gasteiger partial charge in [-0.05, 0) is 6.07 Å². The molecule has 1 N–H and O–H groups in total. The van der Waals surface area contributed by atoms with Crippen LogP contribution in [0.4, 0.5) is 0 Å². The van der Waals surface area contributed by atoms with Crippen molar-refractivity contribution in [2.75, 3.05) is 13.2 Å². The van der Waals surface area contributed by atoms with Crippen molar-refractivity contribution >= 4 is 11.8 Å². The molecule has 0 saturated carbocycles. The highest BCUT2D eigenvalue weighted by molar-refractivity contribution is 5.98. The van der Waals surface area contributed by atoms with Gasteiger partial charge in [-0.25, -0.2) is 10.3 Å². The molecule has 0 fully saturated rings. The maximum atomic E-state index is 12.1. The summed E-state index contributed by atoms with van der Waals surface area (Å²) >= 11 is 0. The fraction of sp³-hybridized carbons (Fsp3) is 0.235. The van der Waals surface area contributed by atoms with Crippen LogP contribution in [0.3, 0.4) is 0 Å². The Balaban J connectivity index is 1.55. The molecule has 0 saturated heterocycles. The molecule has 7 heteroatoms. The van der Waals surface area contributed by atoms with E-state index in [1.54, 1.807) is 17.8 Å². The summed E-state index contributed by atoms with van der Waals surface area (Å²) in [5.74, 6) is 0.153. The van der Waals surface area contributed by atoms with Crippen LogP contribution in [0.5, 0.6) is 0 Å². The third-order valence-electron chi connectivity index (χ3n) is 3.57. The minimum absolute atomic E-state index is 0.0739. The Labute approximate surface area is 139 Å². The molecule has 1 atom stereocenters. The quantitative estimate of drug-likeness (QED) is 0.859. The van der Waals surface area contributed by atoms with Gasteiger partial charge in [-0.2, -0.15) is 5.26 Å². The molecule has 1 aliphatic rings. The third-order valence-corrected chi connectivity index (χ3v) is 3.57. The molecule has 0 spiro atoms. The second-order valence-electron chi connectivity index (χ2n) is 5.33. The Morgan fingerprint density at radius 1 is 1.50 bits per heavy atom. The van der Waals surface area contributed by atoms with Crippen molar-refractivity contribution in [3.8, 4) is 6.07 Å². The number of nitrogens with zero attached hydrogens (tertiary/aromatic N) is 3. The summed E-state index contributed by atoms with van der Waals surface area (Å²) in [7, 11) is 1.69. The van der Waals surface area contributed by atoms with Crippen LogP contribution in [0.25, 0.3) is 0 Å². The largest absolute Gasteiger partial charge is 0.458 e. The van der Waals surface area contributed by atoms with Gasteiger partial charge in [-0.15, -0.1) is 0 Å². The first-order valence-corrected chi connectivity index (χ1v) is 7.42. The summed E-state index contributed by atoms with van der Waals surface area (Å²) in [5.41, 5.74) is 4.45. The van der Waals surface area contributed by atoms with E-state index in [9.17, 15) is 4.79 Å². The molecular weight excluding hydrogens is 308 g/mol. The zero-order valence-corrected chi connectivity index (χ0v) is 13.1. The number of carbonyl (C=O) groups is 1. The number of aromatic nitrogens is 1. The van der Waals surface area contributed by atoms with Crippen LogP contribution >= 0.6 is 0 Å². The van der Waals surface area contributed by atoms with E-state index in [1.807, 2.05) is 36.4 Å². The van der Waals surface area contributed by atoms with E-state index in [0.29, 0.717) is 23.6 Å². The van der Waals surface area contributed by atoms with E-state index in [2.05, 4.69) is 10.5 Å². The lowest BCUT2D eigenvalue weighted by Crippen LogP contribution is -2.40. The number of aliphatic imine (C=N–C) groups is 1. The number of aryl methyl sites for hydroxylation is 1. The van der Waals surface area contributed by atoms with Gasteiger partial charge in [0, 0.05) is 18.8 Å². The normalized spacial score (nSPS) is 16.7. The highest BCUT2D eigenvalue weighted by atomic mass is 16.7. The average Bonchev–Trinajstić information content (AvgIpc) is 3.02. The Kier molecular flexibility index (Phi) is 4.59. The van der Waals surface area contributed by atoms with Crippen molar-refractivity contribution in [3.63, 3.8) is 0 Å². The Morgan fingerprint density at radius 2 is 2.29 bits per heavy atom. The van der Waals surface area contributed by atoms with Gasteiger partial charge < -0.3 is 9.30 Å². The van der Waals surface area contributed by atoms with Gasteiger partial charge in [-0.1, -0.05) is 30.3 Å². The number of ether oxygens (including phenoxy) is 1. The van der Waals surface area contributed by atoms with Crippen LogP contribution in [0, 0.1) is 11.3 Å². The predicted octanol–water partition coefficient (Wildman–Crippen LogP) is 1.40. The van der Waals surface area contributed by atoms with Gasteiger partial charge in [0.05, 0.1) is 12.1 Å². The van der Waals surface area contributed by atoms with Crippen molar-refractivity contribution in [2.24, 2.45) is 12.0 Å². The van der Waals surface area contributed by atoms with E-state index in [4.69, 9.17) is 14.8 Å². The van der Waals surface area contributed by atoms with Gasteiger partial charge in [0.1, 0.15) is 24.5 Å². The molecule has 3 rings (SSSR count). The summed E-state index contributed by atoms with van der Waals surface area (Å²) < 4.78 is 6.81. The number of esters is 1. The van der Waals surface area contributed by atoms with Gasteiger partial charge in [0.25, 0.3) is 0 Å². The number of benzene rings is 1. The van der Waals surface area contributed by atoms with Crippen LogP contribution in [0.1, 0.15) is 21.6 Å². The number of amidine groups is 1. The molecule has 1 aliphatic heterocycles. The minimum Gasteiger partial charge on any atom is -0.458 e. The number of hydroxylamine groups is 1. The van der Waals surface area contributed by atoms with E-state index < -0.39 is 5.97 Å². The van der Waals surface area contributed by atoms with Gasteiger partial charge in [-0.3, -0.25) is 9.83 Å². The molecule has 2 heterocycles. The van der Waals surface area contributed by atoms with Gasteiger partial charge >= 0.3 is 5.97 Å². The monoisotopic (exact) mass is 324 g/mol. The van der Waals surface area contributed by atoms with Crippen LogP contribution in [0.2, 0.25) is 0 Å².